The summed E-state index contributed by atoms with van der Waals surface area (Å²) in [5.41, 5.74) is 5.36. The normalized spacial score (nSPS) is 24.0. The van der Waals surface area contributed by atoms with Crippen molar-refractivity contribution in [2.45, 2.75) is 32.7 Å². The molecule has 1 aliphatic rings. The number of piperidine rings is 1. The van der Waals surface area contributed by atoms with Gasteiger partial charge in [0.2, 0.25) is 5.91 Å². The number of Topliss-reactive ketones (excluding diaryl/α,β-unsaturated/α-hetero) is 1. The molecule has 0 aliphatic carbocycles. The molecule has 0 saturated carbocycles. The van der Waals surface area contributed by atoms with E-state index in [1.807, 2.05) is 4.90 Å². The van der Waals surface area contributed by atoms with Crippen LogP contribution in [0.5, 0.6) is 0 Å². The number of anilines is 1. The van der Waals surface area contributed by atoms with E-state index in [-0.39, 0.29) is 23.7 Å². The van der Waals surface area contributed by atoms with Crippen molar-refractivity contribution in [2.24, 2.45) is 11.7 Å². The van der Waals surface area contributed by atoms with Gasteiger partial charge in [-0.25, -0.2) is 0 Å². The third-order valence-corrected chi connectivity index (χ3v) is 3.51. The van der Waals surface area contributed by atoms with Gasteiger partial charge in [-0.15, -0.1) is 0 Å². The largest absolute Gasteiger partial charge is 0.437 e. The Kier molecular flexibility index (Phi) is 3.41. The minimum absolute atomic E-state index is 0.0997. The van der Waals surface area contributed by atoms with E-state index >= 15 is 0 Å². The summed E-state index contributed by atoms with van der Waals surface area (Å²) in [6.07, 6.45) is 1.71. The van der Waals surface area contributed by atoms with Crippen molar-refractivity contribution >= 4 is 17.6 Å². The third kappa shape index (κ3) is 2.39. The molecule has 2 unspecified atom stereocenters. The third-order valence-electron chi connectivity index (χ3n) is 3.51. The molecule has 0 bridgehead atoms. The fraction of sp³-hybridized carbons (Fsp3) is 0.538. The molecule has 1 saturated heterocycles. The van der Waals surface area contributed by atoms with E-state index in [1.54, 1.807) is 12.1 Å². The minimum atomic E-state index is -0.273. The van der Waals surface area contributed by atoms with Gasteiger partial charge in [0.1, 0.15) is 0 Å². The molecule has 1 aromatic rings. The number of carbonyl (C=O) groups excluding carboxylic acids is 2. The minimum Gasteiger partial charge on any atom is -0.437 e. The van der Waals surface area contributed by atoms with Crippen molar-refractivity contribution in [3.63, 3.8) is 0 Å². The summed E-state index contributed by atoms with van der Waals surface area (Å²) in [7, 11) is 0. The van der Waals surface area contributed by atoms with Gasteiger partial charge in [-0.1, -0.05) is 0 Å². The molecule has 1 fully saturated rings. The zero-order chi connectivity index (χ0) is 13.3. The summed E-state index contributed by atoms with van der Waals surface area (Å²) in [5, 5.41) is 0. The highest BCUT2D eigenvalue weighted by molar-refractivity contribution is 5.91. The molecule has 2 rings (SSSR count). The summed E-state index contributed by atoms with van der Waals surface area (Å²) >= 11 is 0. The van der Waals surface area contributed by atoms with Crippen LogP contribution in [0, 0.1) is 5.92 Å². The Balaban J connectivity index is 2.18. The fourth-order valence-corrected chi connectivity index (χ4v) is 2.32. The second kappa shape index (κ2) is 4.84. The Morgan fingerprint density at radius 1 is 1.39 bits per heavy atom. The summed E-state index contributed by atoms with van der Waals surface area (Å²) in [6, 6.07) is 3.72. The number of hydrogen-bond donors (Lipinski definition) is 1. The standard InChI is InChI=1S/C13H18N2O3/c1-8-3-4-10(13(14)17)7-15(8)12-6-5-11(18-12)9(2)16/h5-6,8,10H,3-4,7H2,1-2H3,(H2,14,17). The molecule has 5 nitrogen and oxygen atoms in total. The Morgan fingerprint density at radius 2 is 2.11 bits per heavy atom. The van der Waals surface area contributed by atoms with Gasteiger partial charge >= 0.3 is 0 Å². The molecule has 1 aliphatic heterocycles. The number of rotatable bonds is 3. The van der Waals surface area contributed by atoms with Crippen LogP contribution in [0.15, 0.2) is 16.5 Å². The van der Waals surface area contributed by atoms with Crippen molar-refractivity contribution in [1.82, 2.24) is 0 Å². The maximum Gasteiger partial charge on any atom is 0.222 e. The van der Waals surface area contributed by atoms with Crippen LogP contribution in [-0.2, 0) is 4.79 Å². The molecular weight excluding hydrogens is 232 g/mol. The van der Waals surface area contributed by atoms with Crippen molar-refractivity contribution in [3.8, 4) is 0 Å². The molecule has 2 atom stereocenters. The second-order valence-corrected chi connectivity index (χ2v) is 4.87. The predicted octanol–water partition coefficient (Wildman–Crippen LogP) is 1.57. The van der Waals surface area contributed by atoms with E-state index in [2.05, 4.69) is 6.92 Å². The molecule has 2 N–H and O–H groups in total. The molecule has 0 spiro atoms. The lowest BCUT2D eigenvalue weighted by atomic mass is 9.93. The zero-order valence-corrected chi connectivity index (χ0v) is 10.7. The van der Waals surface area contributed by atoms with Gasteiger partial charge in [0, 0.05) is 25.6 Å². The monoisotopic (exact) mass is 250 g/mol. The lowest BCUT2D eigenvalue weighted by Crippen LogP contribution is -2.45. The Labute approximate surface area is 106 Å². The Hall–Kier alpha value is -1.78. The van der Waals surface area contributed by atoms with Gasteiger partial charge in [-0.3, -0.25) is 9.59 Å². The first-order valence-corrected chi connectivity index (χ1v) is 6.15. The van der Waals surface area contributed by atoms with Crippen LogP contribution in [0.2, 0.25) is 0 Å². The van der Waals surface area contributed by atoms with Gasteiger partial charge in [0.05, 0.1) is 5.92 Å². The number of ketones is 1. The molecule has 1 amide bonds. The van der Waals surface area contributed by atoms with E-state index in [0.29, 0.717) is 18.2 Å². The van der Waals surface area contributed by atoms with E-state index < -0.39 is 0 Å². The summed E-state index contributed by atoms with van der Waals surface area (Å²) in [5.74, 6) is 0.465. The summed E-state index contributed by atoms with van der Waals surface area (Å²) in [6.45, 7) is 4.10. The highest BCUT2D eigenvalue weighted by Gasteiger charge is 2.30. The number of amides is 1. The number of nitrogens with zero attached hydrogens (tertiary/aromatic N) is 1. The van der Waals surface area contributed by atoms with E-state index in [1.165, 1.54) is 6.92 Å². The highest BCUT2D eigenvalue weighted by atomic mass is 16.4. The first-order chi connectivity index (χ1) is 8.49. The van der Waals surface area contributed by atoms with Gasteiger partial charge in [0.15, 0.2) is 17.4 Å². The first-order valence-electron chi connectivity index (χ1n) is 6.15. The number of furan rings is 1. The van der Waals surface area contributed by atoms with Crippen molar-refractivity contribution in [3.05, 3.63) is 17.9 Å². The van der Waals surface area contributed by atoms with Crippen molar-refractivity contribution in [2.75, 3.05) is 11.4 Å². The van der Waals surface area contributed by atoms with Gasteiger partial charge in [0.25, 0.3) is 0 Å². The van der Waals surface area contributed by atoms with Gasteiger partial charge < -0.3 is 15.1 Å². The van der Waals surface area contributed by atoms with Crippen molar-refractivity contribution < 1.29 is 14.0 Å². The highest BCUT2D eigenvalue weighted by Crippen LogP contribution is 2.29. The smallest absolute Gasteiger partial charge is 0.222 e. The zero-order valence-electron chi connectivity index (χ0n) is 10.7. The lowest BCUT2D eigenvalue weighted by molar-refractivity contribution is -0.122. The number of carbonyl (C=O) groups is 2. The predicted molar refractivity (Wildman–Crippen MR) is 67.4 cm³/mol. The summed E-state index contributed by atoms with van der Waals surface area (Å²) < 4.78 is 5.51. The maximum atomic E-state index is 11.3. The van der Waals surface area contributed by atoms with Crippen LogP contribution >= 0.6 is 0 Å². The van der Waals surface area contributed by atoms with E-state index in [9.17, 15) is 9.59 Å². The molecule has 2 heterocycles. The lowest BCUT2D eigenvalue weighted by Gasteiger charge is -2.36. The average Bonchev–Trinajstić information content (AvgIpc) is 2.78. The molecule has 5 heteroatoms. The van der Waals surface area contributed by atoms with Crippen LogP contribution in [0.1, 0.15) is 37.2 Å². The van der Waals surface area contributed by atoms with Crippen LogP contribution < -0.4 is 10.6 Å². The average molecular weight is 250 g/mol. The van der Waals surface area contributed by atoms with E-state index in [0.717, 1.165) is 12.8 Å². The van der Waals surface area contributed by atoms with Crippen LogP contribution in [0.3, 0.4) is 0 Å². The van der Waals surface area contributed by atoms with Crippen molar-refractivity contribution in [1.29, 1.82) is 0 Å². The molecule has 0 aromatic carbocycles. The van der Waals surface area contributed by atoms with Crippen LogP contribution in [0.4, 0.5) is 5.88 Å². The van der Waals surface area contributed by atoms with Crippen LogP contribution in [-0.4, -0.2) is 24.3 Å². The number of nitrogens with two attached hydrogens (primary N) is 1. The molecule has 0 radical (unpaired) electrons. The summed E-state index contributed by atoms with van der Waals surface area (Å²) in [4.78, 5) is 24.5. The molecular formula is C13H18N2O3. The first kappa shape index (κ1) is 12.7. The Bertz CT molecular complexity index is 467. The Morgan fingerprint density at radius 3 is 2.67 bits per heavy atom. The quantitative estimate of drug-likeness (QED) is 0.826. The fourth-order valence-electron chi connectivity index (χ4n) is 2.32. The number of primary amides is 1. The van der Waals surface area contributed by atoms with Crippen LogP contribution in [0.25, 0.3) is 0 Å². The van der Waals surface area contributed by atoms with Gasteiger partial charge in [-0.2, -0.15) is 0 Å². The van der Waals surface area contributed by atoms with Gasteiger partial charge in [-0.05, 0) is 25.8 Å². The number of hydrogen-bond acceptors (Lipinski definition) is 4. The molecule has 1 aromatic heterocycles. The molecule has 18 heavy (non-hydrogen) atoms. The second-order valence-electron chi connectivity index (χ2n) is 4.87. The topological polar surface area (TPSA) is 76.5 Å². The van der Waals surface area contributed by atoms with E-state index in [4.69, 9.17) is 10.2 Å². The maximum absolute atomic E-state index is 11.3. The SMILES string of the molecule is CC(=O)c1ccc(N2CC(C(N)=O)CCC2C)o1. The molecule has 98 valence electrons.